The van der Waals surface area contributed by atoms with Gasteiger partial charge >= 0.3 is 0 Å². The molecule has 1 aromatic heterocycles. The van der Waals surface area contributed by atoms with Crippen LogP contribution in [0, 0.1) is 0 Å². The fraction of sp³-hybridized carbons (Fsp3) is 0.0769. The Morgan fingerprint density at radius 1 is 1.00 bits per heavy atom. The molecule has 0 saturated carbocycles. The normalized spacial score (nSPS) is 13.6. The highest BCUT2D eigenvalue weighted by molar-refractivity contribution is 5.91. The zero-order chi connectivity index (χ0) is 10.8. The van der Waals surface area contributed by atoms with E-state index in [4.69, 9.17) is 0 Å². The smallest absolute Gasteiger partial charge is 0.114 e. The lowest BCUT2D eigenvalue weighted by Gasteiger charge is -2.27. The topological polar surface area (TPSA) is 28.5 Å². The van der Waals surface area contributed by atoms with E-state index < -0.39 is 0 Å². The molecule has 16 heavy (non-hydrogen) atoms. The molecule has 0 unspecified atom stereocenters. The number of hydrogen-bond acceptors (Lipinski definition) is 3. The van der Waals surface area contributed by atoms with Crippen molar-refractivity contribution in [3.05, 3.63) is 54.4 Å². The number of pyridine rings is 1. The molecule has 0 radical (unpaired) electrons. The van der Waals surface area contributed by atoms with E-state index >= 15 is 0 Å². The molecule has 2 aromatic rings. The molecule has 0 saturated heterocycles. The summed E-state index contributed by atoms with van der Waals surface area (Å²) in [5, 5.41) is 0. The Hall–Kier alpha value is -2.16. The maximum atomic E-state index is 4.36. The van der Waals surface area contributed by atoms with Crippen molar-refractivity contribution in [3.8, 4) is 0 Å². The van der Waals surface area contributed by atoms with Gasteiger partial charge in [-0.05, 0) is 18.2 Å². The largest absolute Gasteiger partial charge is 0.321 e. The van der Waals surface area contributed by atoms with E-state index in [1.807, 2.05) is 30.5 Å². The minimum absolute atomic E-state index is 0.668. The van der Waals surface area contributed by atoms with Crippen LogP contribution < -0.4 is 4.90 Å². The van der Waals surface area contributed by atoms with Gasteiger partial charge in [0.15, 0.2) is 0 Å². The molecule has 0 aliphatic carbocycles. The molecule has 0 atom stereocenters. The molecule has 0 N–H and O–H groups in total. The zero-order valence-corrected chi connectivity index (χ0v) is 8.74. The van der Waals surface area contributed by atoms with Gasteiger partial charge in [0, 0.05) is 29.9 Å². The first-order chi connectivity index (χ1) is 7.95. The van der Waals surface area contributed by atoms with Gasteiger partial charge in [-0.2, -0.15) is 0 Å². The third kappa shape index (κ3) is 1.46. The van der Waals surface area contributed by atoms with Crippen LogP contribution in [0.15, 0.2) is 53.8 Å². The Balaban J connectivity index is 2.09. The number of benzene rings is 1. The third-order valence-electron chi connectivity index (χ3n) is 2.66. The number of aromatic nitrogens is 1. The first kappa shape index (κ1) is 9.09. The molecule has 1 aliphatic heterocycles. The summed E-state index contributed by atoms with van der Waals surface area (Å²) in [5.74, 6) is 0. The maximum Gasteiger partial charge on any atom is 0.114 e. The number of hydrogen-bond donors (Lipinski definition) is 0. The summed E-state index contributed by atoms with van der Waals surface area (Å²) in [7, 11) is 0. The van der Waals surface area contributed by atoms with Crippen molar-refractivity contribution in [2.45, 2.75) is 0 Å². The maximum absolute atomic E-state index is 4.36. The van der Waals surface area contributed by atoms with Crippen molar-refractivity contribution in [1.29, 1.82) is 0 Å². The van der Waals surface area contributed by atoms with Crippen molar-refractivity contribution in [2.75, 3.05) is 11.6 Å². The van der Waals surface area contributed by atoms with Crippen molar-refractivity contribution in [3.63, 3.8) is 0 Å². The molecule has 78 valence electrons. The lowest BCUT2D eigenvalue weighted by Crippen LogP contribution is -2.21. The SMILES string of the molecule is C1=NCN(c2ccncc2)c2ccccc21. The van der Waals surface area contributed by atoms with Gasteiger partial charge in [0.2, 0.25) is 0 Å². The molecule has 2 heterocycles. The average molecular weight is 209 g/mol. The van der Waals surface area contributed by atoms with Crippen LogP contribution in [0.4, 0.5) is 11.4 Å². The van der Waals surface area contributed by atoms with E-state index in [2.05, 4.69) is 27.0 Å². The molecule has 0 fully saturated rings. The van der Waals surface area contributed by atoms with E-state index in [1.54, 1.807) is 12.4 Å². The van der Waals surface area contributed by atoms with Crippen LogP contribution in [-0.4, -0.2) is 17.9 Å². The predicted octanol–water partition coefficient (Wildman–Crippen LogP) is 2.61. The molecule has 3 rings (SSSR count). The van der Waals surface area contributed by atoms with Crippen LogP contribution in [-0.2, 0) is 0 Å². The second-order valence-electron chi connectivity index (χ2n) is 3.65. The first-order valence-corrected chi connectivity index (χ1v) is 5.21. The summed E-state index contributed by atoms with van der Waals surface area (Å²) in [5.41, 5.74) is 3.48. The molecular weight excluding hydrogens is 198 g/mol. The highest BCUT2D eigenvalue weighted by Crippen LogP contribution is 2.29. The zero-order valence-electron chi connectivity index (χ0n) is 8.74. The minimum Gasteiger partial charge on any atom is -0.321 e. The van der Waals surface area contributed by atoms with Gasteiger partial charge in [-0.25, -0.2) is 0 Å². The van der Waals surface area contributed by atoms with Crippen LogP contribution in [0.25, 0.3) is 0 Å². The van der Waals surface area contributed by atoms with Gasteiger partial charge in [-0.3, -0.25) is 9.98 Å². The van der Waals surface area contributed by atoms with E-state index in [0.29, 0.717) is 6.67 Å². The number of aliphatic imine (C=N–C) groups is 1. The Morgan fingerprint density at radius 3 is 2.69 bits per heavy atom. The summed E-state index contributed by atoms with van der Waals surface area (Å²) < 4.78 is 0. The third-order valence-corrected chi connectivity index (χ3v) is 2.66. The Labute approximate surface area is 94.1 Å². The van der Waals surface area contributed by atoms with Gasteiger partial charge in [0.05, 0.1) is 5.69 Å². The number of para-hydroxylation sites is 1. The van der Waals surface area contributed by atoms with Crippen LogP contribution >= 0.6 is 0 Å². The molecule has 3 nitrogen and oxygen atoms in total. The van der Waals surface area contributed by atoms with Gasteiger partial charge < -0.3 is 4.90 Å². The van der Waals surface area contributed by atoms with Gasteiger partial charge in [0.25, 0.3) is 0 Å². The molecule has 0 bridgehead atoms. The Morgan fingerprint density at radius 2 is 1.81 bits per heavy atom. The molecule has 1 aliphatic rings. The summed E-state index contributed by atoms with van der Waals surface area (Å²) in [6.45, 7) is 0.668. The summed E-state index contributed by atoms with van der Waals surface area (Å²) in [4.78, 5) is 10.6. The molecule has 3 heteroatoms. The average Bonchev–Trinajstić information content (AvgIpc) is 2.39. The summed E-state index contributed by atoms with van der Waals surface area (Å²) in [6, 6.07) is 12.3. The first-order valence-electron chi connectivity index (χ1n) is 5.21. The minimum atomic E-state index is 0.668. The van der Waals surface area contributed by atoms with Crippen LogP contribution in [0.5, 0.6) is 0 Å². The van der Waals surface area contributed by atoms with Gasteiger partial charge in [0.1, 0.15) is 6.67 Å². The second kappa shape index (κ2) is 3.77. The summed E-state index contributed by atoms with van der Waals surface area (Å²) >= 11 is 0. The van der Waals surface area contributed by atoms with Crippen molar-refractivity contribution in [1.82, 2.24) is 4.98 Å². The second-order valence-corrected chi connectivity index (χ2v) is 3.65. The van der Waals surface area contributed by atoms with Crippen molar-refractivity contribution in [2.24, 2.45) is 4.99 Å². The number of anilines is 2. The van der Waals surface area contributed by atoms with E-state index in [9.17, 15) is 0 Å². The van der Waals surface area contributed by atoms with E-state index in [-0.39, 0.29) is 0 Å². The molecule has 0 spiro atoms. The molecular formula is C13H11N3. The quantitative estimate of drug-likeness (QED) is 0.722. The lowest BCUT2D eigenvalue weighted by atomic mass is 10.1. The standard InChI is InChI=1S/C13H11N3/c1-2-4-13-11(3-1)9-15-10-16(13)12-5-7-14-8-6-12/h1-9H,10H2. The summed E-state index contributed by atoms with van der Waals surface area (Å²) in [6.07, 6.45) is 5.53. The van der Waals surface area contributed by atoms with Crippen LogP contribution in [0.1, 0.15) is 5.56 Å². The Kier molecular flexibility index (Phi) is 2.14. The van der Waals surface area contributed by atoms with Gasteiger partial charge in [-0.1, -0.05) is 18.2 Å². The number of nitrogens with zero attached hydrogens (tertiary/aromatic N) is 3. The Bertz CT molecular complexity index is 520. The highest BCUT2D eigenvalue weighted by atomic mass is 15.2. The number of fused-ring (bicyclic) bond motifs is 1. The fourth-order valence-electron chi connectivity index (χ4n) is 1.88. The fourth-order valence-corrected chi connectivity index (χ4v) is 1.88. The molecule has 0 amide bonds. The monoisotopic (exact) mass is 209 g/mol. The number of rotatable bonds is 1. The van der Waals surface area contributed by atoms with Crippen LogP contribution in [0.3, 0.4) is 0 Å². The van der Waals surface area contributed by atoms with Crippen molar-refractivity contribution < 1.29 is 0 Å². The predicted molar refractivity (Wildman–Crippen MR) is 65.3 cm³/mol. The van der Waals surface area contributed by atoms with Crippen LogP contribution in [0.2, 0.25) is 0 Å². The van der Waals surface area contributed by atoms with Gasteiger partial charge in [-0.15, -0.1) is 0 Å². The molecule has 1 aromatic carbocycles. The van der Waals surface area contributed by atoms with E-state index in [1.165, 1.54) is 5.69 Å². The lowest BCUT2D eigenvalue weighted by molar-refractivity contribution is 0.969. The van der Waals surface area contributed by atoms with Crippen molar-refractivity contribution >= 4 is 17.6 Å². The van der Waals surface area contributed by atoms with E-state index in [0.717, 1.165) is 11.3 Å². The highest BCUT2D eigenvalue weighted by Gasteiger charge is 2.14.